The second kappa shape index (κ2) is 9.37. The second-order valence-electron chi connectivity index (χ2n) is 7.29. The third kappa shape index (κ3) is 5.02. The quantitative estimate of drug-likeness (QED) is 0.678. The SMILES string of the molecule is COC(=O)CN(Cc1ccccc1)C(=O)C1CC(=O)N(C(C)c2ccccc2)C1. The van der Waals surface area contributed by atoms with Crippen LogP contribution in [0, 0.1) is 5.92 Å². The third-order valence-corrected chi connectivity index (χ3v) is 5.33. The van der Waals surface area contributed by atoms with Crippen molar-refractivity contribution in [1.29, 1.82) is 0 Å². The van der Waals surface area contributed by atoms with E-state index in [0.717, 1.165) is 11.1 Å². The van der Waals surface area contributed by atoms with Crippen LogP contribution in [0.25, 0.3) is 0 Å². The van der Waals surface area contributed by atoms with Gasteiger partial charge in [-0.3, -0.25) is 14.4 Å². The van der Waals surface area contributed by atoms with E-state index in [1.165, 1.54) is 12.0 Å². The Morgan fingerprint density at radius 1 is 1.10 bits per heavy atom. The molecule has 1 fully saturated rings. The molecule has 0 radical (unpaired) electrons. The molecular formula is C23H26N2O4. The normalized spacial score (nSPS) is 17.1. The van der Waals surface area contributed by atoms with Crippen LogP contribution in [-0.2, 0) is 25.7 Å². The minimum Gasteiger partial charge on any atom is -0.468 e. The molecule has 152 valence electrons. The molecule has 2 atom stereocenters. The molecule has 2 amide bonds. The summed E-state index contributed by atoms with van der Waals surface area (Å²) >= 11 is 0. The van der Waals surface area contributed by atoms with Gasteiger partial charge in [-0.05, 0) is 18.1 Å². The van der Waals surface area contributed by atoms with Crippen molar-refractivity contribution >= 4 is 17.8 Å². The van der Waals surface area contributed by atoms with E-state index in [1.807, 2.05) is 67.6 Å². The lowest BCUT2D eigenvalue weighted by atomic mass is 10.1. The lowest BCUT2D eigenvalue weighted by molar-refractivity contribution is -0.148. The summed E-state index contributed by atoms with van der Waals surface area (Å²) in [7, 11) is 1.30. The highest BCUT2D eigenvalue weighted by molar-refractivity contribution is 5.91. The summed E-state index contributed by atoms with van der Waals surface area (Å²) in [6.07, 6.45) is 0.155. The highest BCUT2D eigenvalue weighted by atomic mass is 16.5. The third-order valence-electron chi connectivity index (χ3n) is 5.33. The van der Waals surface area contributed by atoms with Gasteiger partial charge in [0.2, 0.25) is 11.8 Å². The largest absolute Gasteiger partial charge is 0.468 e. The van der Waals surface area contributed by atoms with Crippen molar-refractivity contribution in [2.24, 2.45) is 5.92 Å². The number of likely N-dealkylation sites (tertiary alicyclic amines) is 1. The number of hydrogen-bond acceptors (Lipinski definition) is 4. The molecule has 6 nitrogen and oxygen atoms in total. The van der Waals surface area contributed by atoms with E-state index in [2.05, 4.69) is 0 Å². The minimum absolute atomic E-state index is 0.0440. The van der Waals surface area contributed by atoms with Gasteiger partial charge in [-0.25, -0.2) is 0 Å². The first-order valence-corrected chi connectivity index (χ1v) is 9.73. The van der Waals surface area contributed by atoms with Crippen LogP contribution in [0.4, 0.5) is 0 Å². The average molecular weight is 394 g/mol. The number of benzene rings is 2. The van der Waals surface area contributed by atoms with E-state index >= 15 is 0 Å². The summed E-state index contributed by atoms with van der Waals surface area (Å²) in [6, 6.07) is 19.1. The first-order valence-electron chi connectivity index (χ1n) is 9.73. The summed E-state index contributed by atoms with van der Waals surface area (Å²) in [5, 5.41) is 0. The van der Waals surface area contributed by atoms with E-state index in [0.29, 0.717) is 13.1 Å². The molecular weight excluding hydrogens is 368 g/mol. The molecule has 0 saturated carbocycles. The number of carbonyl (C=O) groups excluding carboxylic acids is 3. The predicted molar refractivity (Wildman–Crippen MR) is 109 cm³/mol. The monoisotopic (exact) mass is 394 g/mol. The van der Waals surface area contributed by atoms with Gasteiger partial charge in [0.05, 0.1) is 19.1 Å². The van der Waals surface area contributed by atoms with Crippen LogP contribution >= 0.6 is 0 Å². The topological polar surface area (TPSA) is 66.9 Å². The molecule has 1 aliphatic rings. The maximum atomic E-state index is 13.2. The Labute approximate surface area is 171 Å². The number of rotatable bonds is 7. The molecule has 2 unspecified atom stereocenters. The van der Waals surface area contributed by atoms with Crippen molar-refractivity contribution in [3.05, 3.63) is 71.8 Å². The van der Waals surface area contributed by atoms with Crippen LogP contribution in [0.2, 0.25) is 0 Å². The van der Waals surface area contributed by atoms with E-state index in [4.69, 9.17) is 4.74 Å². The van der Waals surface area contributed by atoms with Gasteiger partial charge in [-0.15, -0.1) is 0 Å². The van der Waals surface area contributed by atoms with E-state index in [1.54, 1.807) is 4.90 Å². The Kier molecular flexibility index (Phi) is 6.65. The van der Waals surface area contributed by atoms with Gasteiger partial charge in [-0.1, -0.05) is 60.7 Å². The number of methoxy groups -OCH3 is 1. The van der Waals surface area contributed by atoms with Gasteiger partial charge >= 0.3 is 5.97 Å². The summed E-state index contributed by atoms with van der Waals surface area (Å²) < 4.78 is 4.76. The Morgan fingerprint density at radius 2 is 1.72 bits per heavy atom. The number of ether oxygens (including phenoxy) is 1. The molecule has 2 aromatic rings. The lowest BCUT2D eigenvalue weighted by Gasteiger charge is -2.27. The van der Waals surface area contributed by atoms with Crippen molar-refractivity contribution in [3.63, 3.8) is 0 Å². The maximum absolute atomic E-state index is 13.2. The maximum Gasteiger partial charge on any atom is 0.325 e. The van der Waals surface area contributed by atoms with Gasteiger partial charge in [0.15, 0.2) is 0 Å². The molecule has 0 spiro atoms. The van der Waals surface area contributed by atoms with Gasteiger partial charge < -0.3 is 14.5 Å². The highest BCUT2D eigenvalue weighted by Crippen LogP contribution is 2.29. The molecule has 1 saturated heterocycles. The second-order valence-corrected chi connectivity index (χ2v) is 7.29. The van der Waals surface area contributed by atoms with Crippen molar-refractivity contribution < 1.29 is 19.1 Å². The van der Waals surface area contributed by atoms with E-state index in [-0.39, 0.29) is 30.8 Å². The molecule has 0 N–H and O–H groups in total. The fraction of sp³-hybridized carbons (Fsp3) is 0.348. The van der Waals surface area contributed by atoms with Gasteiger partial charge in [0, 0.05) is 19.5 Å². The number of nitrogens with zero attached hydrogens (tertiary/aromatic N) is 2. The molecule has 6 heteroatoms. The fourth-order valence-corrected chi connectivity index (χ4v) is 3.68. The molecule has 3 rings (SSSR count). The summed E-state index contributed by atoms with van der Waals surface area (Å²) in [5.41, 5.74) is 1.95. The Balaban J connectivity index is 1.73. The van der Waals surface area contributed by atoms with Crippen molar-refractivity contribution in [1.82, 2.24) is 9.80 Å². The van der Waals surface area contributed by atoms with Crippen LogP contribution in [0.1, 0.15) is 30.5 Å². The van der Waals surface area contributed by atoms with Crippen molar-refractivity contribution in [2.75, 3.05) is 20.2 Å². The van der Waals surface area contributed by atoms with Gasteiger partial charge in [0.1, 0.15) is 6.54 Å². The molecule has 0 aromatic heterocycles. The van der Waals surface area contributed by atoms with Crippen LogP contribution in [0.3, 0.4) is 0 Å². The molecule has 29 heavy (non-hydrogen) atoms. The minimum atomic E-state index is -0.479. The zero-order chi connectivity index (χ0) is 20.8. The summed E-state index contributed by atoms with van der Waals surface area (Å²) in [6.45, 7) is 2.48. The van der Waals surface area contributed by atoms with E-state index < -0.39 is 11.9 Å². The van der Waals surface area contributed by atoms with Crippen molar-refractivity contribution in [2.45, 2.75) is 25.9 Å². The first kappa shape index (κ1) is 20.6. The molecule has 0 bridgehead atoms. The number of esters is 1. The molecule has 0 aliphatic carbocycles. The molecule has 2 aromatic carbocycles. The standard InChI is InChI=1S/C23H26N2O4/c1-17(19-11-7-4-8-12-19)25-15-20(13-21(25)26)23(28)24(16-22(27)29-2)14-18-9-5-3-6-10-18/h3-12,17,20H,13-16H2,1-2H3. The van der Waals surface area contributed by atoms with Crippen LogP contribution in [-0.4, -0.2) is 47.8 Å². The highest BCUT2D eigenvalue weighted by Gasteiger charge is 2.39. The summed E-state index contributed by atoms with van der Waals surface area (Å²) in [4.78, 5) is 40.9. The fourth-order valence-electron chi connectivity index (χ4n) is 3.68. The van der Waals surface area contributed by atoms with E-state index in [9.17, 15) is 14.4 Å². The average Bonchev–Trinajstić information content (AvgIpc) is 3.15. The van der Waals surface area contributed by atoms with Crippen LogP contribution in [0.15, 0.2) is 60.7 Å². The molecule has 1 heterocycles. The number of carbonyl (C=O) groups is 3. The van der Waals surface area contributed by atoms with Crippen LogP contribution < -0.4 is 0 Å². The Hall–Kier alpha value is -3.15. The predicted octanol–water partition coefficient (Wildman–Crippen LogP) is 2.80. The Morgan fingerprint density at radius 3 is 2.34 bits per heavy atom. The zero-order valence-electron chi connectivity index (χ0n) is 16.8. The van der Waals surface area contributed by atoms with Gasteiger partial charge in [-0.2, -0.15) is 0 Å². The first-order chi connectivity index (χ1) is 14.0. The van der Waals surface area contributed by atoms with Gasteiger partial charge in [0.25, 0.3) is 0 Å². The number of amides is 2. The Bertz CT molecular complexity index is 854. The zero-order valence-corrected chi connectivity index (χ0v) is 16.8. The molecule has 1 aliphatic heterocycles. The lowest BCUT2D eigenvalue weighted by Crippen LogP contribution is -2.40. The summed E-state index contributed by atoms with van der Waals surface area (Å²) in [5.74, 6) is -1.19. The number of hydrogen-bond donors (Lipinski definition) is 0. The van der Waals surface area contributed by atoms with Crippen LogP contribution in [0.5, 0.6) is 0 Å². The smallest absolute Gasteiger partial charge is 0.325 e. The van der Waals surface area contributed by atoms with Crippen molar-refractivity contribution in [3.8, 4) is 0 Å².